The van der Waals surface area contributed by atoms with Gasteiger partial charge in [0.2, 0.25) is 5.91 Å². The highest BCUT2D eigenvalue weighted by Gasteiger charge is 2.19. The molecular weight excluding hydrogens is 334 g/mol. The first-order chi connectivity index (χ1) is 12.2. The maximum absolute atomic E-state index is 11.6. The molecule has 1 aromatic carbocycles. The fraction of sp³-hybridized carbons (Fsp3) is 0.222. The Hall–Kier alpha value is -2.64. The summed E-state index contributed by atoms with van der Waals surface area (Å²) in [6.07, 6.45) is 4.10. The molecule has 1 amide bonds. The molecule has 0 aliphatic heterocycles. The van der Waals surface area contributed by atoms with Crippen molar-refractivity contribution in [3.8, 4) is 10.6 Å². The normalized spacial score (nSPS) is 11.9. The van der Waals surface area contributed by atoms with Crippen molar-refractivity contribution < 1.29 is 4.79 Å². The fourth-order valence-electron chi connectivity index (χ4n) is 2.55. The Bertz CT molecular complexity index is 849. The van der Waals surface area contributed by atoms with Crippen LogP contribution in [0.4, 0.5) is 0 Å². The van der Waals surface area contributed by atoms with Crippen molar-refractivity contribution in [2.45, 2.75) is 25.9 Å². The van der Waals surface area contributed by atoms with E-state index in [-0.39, 0.29) is 11.9 Å². The lowest BCUT2D eigenvalue weighted by atomic mass is 10.0. The summed E-state index contributed by atoms with van der Waals surface area (Å²) in [5, 5.41) is 13.1. The smallest absolute Gasteiger partial charge is 0.217 e. The SMILES string of the molecule is CC(=O)NC(Cc1cccc(CN)c1)c1nnc(-c2cccnc2)s1. The molecule has 0 aliphatic carbocycles. The molecule has 1 unspecified atom stereocenters. The number of nitrogens with one attached hydrogen (secondary N) is 1. The molecule has 3 aromatic rings. The number of rotatable bonds is 6. The minimum Gasteiger partial charge on any atom is -0.347 e. The van der Waals surface area contributed by atoms with Gasteiger partial charge in [0.15, 0.2) is 0 Å². The van der Waals surface area contributed by atoms with Gasteiger partial charge in [0.05, 0.1) is 6.04 Å². The number of aromatic nitrogens is 3. The molecule has 6 nitrogen and oxygen atoms in total. The van der Waals surface area contributed by atoms with Gasteiger partial charge >= 0.3 is 0 Å². The van der Waals surface area contributed by atoms with Gasteiger partial charge in [-0.05, 0) is 29.7 Å². The van der Waals surface area contributed by atoms with Crippen molar-refractivity contribution in [3.05, 3.63) is 64.9 Å². The lowest BCUT2D eigenvalue weighted by Crippen LogP contribution is -2.27. The summed E-state index contributed by atoms with van der Waals surface area (Å²) in [6.45, 7) is 2.00. The predicted octanol–water partition coefficient (Wildman–Crippen LogP) is 2.48. The molecule has 0 spiro atoms. The molecule has 7 heteroatoms. The Morgan fingerprint density at radius 2 is 2.08 bits per heavy atom. The molecule has 2 aromatic heterocycles. The van der Waals surface area contributed by atoms with Crippen LogP contribution in [0, 0.1) is 0 Å². The molecule has 0 radical (unpaired) electrons. The number of nitrogens with zero attached hydrogens (tertiary/aromatic N) is 3. The topological polar surface area (TPSA) is 93.8 Å². The Morgan fingerprint density at radius 3 is 2.80 bits per heavy atom. The minimum absolute atomic E-state index is 0.0990. The van der Waals surface area contributed by atoms with Crippen LogP contribution < -0.4 is 11.1 Å². The van der Waals surface area contributed by atoms with Crippen LogP contribution in [0.3, 0.4) is 0 Å². The summed E-state index contributed by atoms with van der Waals surface area (Å²) in [5.74, 6) is -0.0990. The Morgan fingerprint density at radius 1 is 1.24 bits per heavy atom. The molecule has 1 atom stereocenters. The van der Waals surface area contributed by atoms with Crippen LogP contribution in [0.1, 0.15) is 29.1 Å². The van der Waals surface area contributed by atoms with E-state index in [1.807, 2.05) is 30.3 Å². The van der Waals surface area contributed by atoms with Gasteiger partial charge in [0, 0.05) is 31.4 Å². The predicted molar refractivity (Wildman–Crippen MR) is 97.7 cm³/mol. The van der Waals surface area contributed by atoms with E-state index in [0.29, 0.717) is 13.0 Å². The van der Waals surface area contributed by atoms with E-state index in [4.69, 9.17) is 5.73 Å². The summed E-state index contributed by atoms with van der Waals surface area (Å²) in [5.41, 5.74) is 8.79. The number of carbonyl (C=O) groups is 1. The van der Waals surface area contributed by atoms with E-state index >= 15 is 0 Å². The number of nitrogens with two attached hydrogens (primary N) is 1. The highest BCUT2D eigenvalue weighted by atomic mass is 32.1. The summed E-state index contributed by atoms with van der Waals surface area (Å²) in [7, 11) is 0. The maximum Gasteiger partial charge on any atom is 0.217 e. The second-order valence-electron chi connectivity index (χ2n) is 5.67. The highest BCUT2D eigenvalue weighted by molar-refractivity contribution is 7.14. The molecule has 25 heavy (non-hydrogen) atoms. The van der Waals surface area contributed by atoms with Crippen LogP contribution in [0.5, 0.6) is 0 Å². The van der Waals surface area contributed by atoms with E-state index < -0.39 is 0 Å². The summed E-state index contributed by atoms with van der Waals surface area (Å²) in [6, 6.07) is 11.6. The molecule has 0 aliphatic rings. The van der Waals surface area contributed by atoms with Crippen LogP contribution in [-0.2, 0) is 17.8 Å². The van der Waals surface area contributed by atoms with Gasteiger partial charge in [-0.25, -0.2) is 0 Å². The number of amides is 1. The lowest BCUT2D eigenvalue weighted by Gasteiger charge is -2.15. The van der Waals surface area contributed by atoms with Crippen molar-refractivity contribution >= 4 is 17.2 Å². The quantitative estimate of drug-likeness (QED) is 0.710. The molecule has 128 valence electrons. The zero-order valence-corrected chi connectivity index (χ0v) is 14.7. The van der Waals surface area contributed by atoms with Gasteiger partial charge in [0.25, 0.3) is 0 Å². The average Bonchev–Trinajstić information content (AvgIpc) is 3.12. The van der Waals surface area contributed by atoms with Crippen molar-refractivity contribution in [1.82, 2.24) is 20.5 Å². The second kappa shape index (κ2) is 7.96. The van der Waals surface area contributed by atoms with Gasteiger partial charge in [-0.1, -0.05) is 35.6 Å². The molecule has 2 heterocycles. The zero-order chi connectivity index (χ0) is 17.6. The first-order valence-electron chi connectivity index (χ1n) is 7.94. The zero-order valence-electron chi connectivity index (χ0n) is 13.8. The van der Waals surface area contributed by atoms with E-state index in [0.717, 1.165) is 26.7 Å². The molecule has 3 N–H and O–H groups in total. The fourth-order valence-corrected chi connectivity index (χ4v) is 3.43. The van der Waals surface area contributed by atoms with E-state index in [2.05, 4.69) is 26.6 Å². The summed E-state index contributed by atoms with van der Waals surface area (Å²) in [4.78, 5) is 15.7. The van der Waals surface area contributed by atoms with Crippen molar-refractivity contribution in [2.75, 3.05) is 0 Å². The van der Waals surface area contributed by atoms with E-state index in [1.165, 1.54) is 18.3 Å². The van der Waals surface area contributed by atoms with Gasteiger partial charge in [-0.3, -0.25) is 9.78 Å². The Labute approximate surface area is 150 Å². The van der Waals surface area contributed by atoms with Crippen LogP contribution in [0.25, 0.3) is 10.6 Å². The van der Waals surface area contributed by atoms with Crippen LogP contribution in [-0.4, -0.2) is 21.1 Å². The summed E-state index contributed by atoms with van der Waals surface area (Å²) < 4.78 is 0. The lowest BCUT2D eigenvalue weighted by molar-refractivity contribution is -0.119. The van der Waals surface area contributed by atoms with E-state index in [1.54, 1.807) is 12.4 Å². The Kier molecular flexibility index (Phi) is 5.47. The Balaban J connectivity index is 1.85. The van der Waals surface area contributed by atoms with Gasteiger partial charge < -0.3 is 11.1 Å². The number of pyridine rings is 1. The van der Waals surface area contributed by atoms with Gasteiger partial charge in [-0.15, -0.1) is 10.2 Å². The standard InChI is InChI=1S/C18H19N5OS/c1-12(24)21-16(9-13-4-2-5-14(8-13)10-19)18-23-22-17(25-18)15-6-3-7-20-11-15/h2-8,11,16H,9-10,19H2,1H3,(H,21,24). The third kappa shape index (κ3) is 4.46. The van der Waals surface area contributed by atoms with Crippen molar-refractivity contribution in [2.24, 2.45) is 5.73 Å². The first-order valence-corrected chi connectivity index (χ1v) is 8.76. The molecule has 0 saturated heterocycles. The highest BCUT2D eigenvalue weighted by Crippen LogP contribution is 2.28. The molecule has 3 rings (SSSR count). The number of benzene rings is 1. The number of hydrogen-bond acceptors (Lipinski definition) is 6. The third-order valence-corrected chi connectivity index (χ3v) is 4.78. The summed E-state index contributed by atoms with van der Waals surface area (Å²) >= 11 is 1.46. The number of hydrogen-bond donors (Lipinski definition) is 2. The van der Waals surface area contributed by atoms with Crippen LogP contribution in [0.15, 0.2) is 48.8 Å². The minimum atomic E-state index is -0.228. The van der Waals surface area contributed by atoms with Gasteiger partial charge in [-0.2, -0.15) is 0 Å². The maximum atomic E-state index is 11.6. The van der Waals surface area contributed by atoms with Gasteiger partial charge in [0.1, 0.15) is 10.0 Å². The monoisotopic (exact) mass is 353 g/mol. The van der Waals surface area contributed by atoms with E-state index in [9.17, 15) is 4.79 Å². The molecule has 0 bridgehead atoms. The van der Waals surface area contributed by atoms with Crippen molar-refractivity contribution in [3.63, 3.8) is 0 Å². The number of carbonyl (C=O) groups excluding carboxylic acids is 1. The van der Waals surface area contributed by atoms with Crippen LogP contribution in [0.2, 0.25) is 0 Å². The van der Waals surface area contributed by atoms with Crippen molar-refractivity contribution in [1.29, 1.82) is 0 Å². The largest absolute Gasteiger partial charge is 0.347 e. The molecule has 0 fully saturated rings. The molecular formula is C18H19N5OS. The average molecular weight is 353 g/mol. The second-order valence-corrected chi connectivity index (χ2v) is 6.68. The third-order valence-electron chi connectivity index (χ3n) is 3.69. The molecule has 0 saturated carbocycles. The first kappa shape index (κ1) is 17.2. The van der Waals surface area contributed by atoms with Crippen LogP contribution >= 0.6 is 11.3 Å².